The fraction of sp³-hybridized carbons (Fsp3) is 0.619. The number of hydrogen-bond donors (Lipinski definition) is 0. The molecule has 0 spiro atoms. The minimum absolute atomic E-state index is 0.0362. The van der Waals surface area contributed by atoms with Crippen molar-refractivity contribution in [3.05, 3.63) is 42.0 Å². The fourth-order valence-corrected chi connectivity index (χ4v) is 2.66. The molecule has 1 aromatic rings. The molecule has 128 valence electrons. The average molecular weight is 316 g/mol. The van der Waals surface area contributed by atoms with E-state index in [9.17, 15) is 0 Å². The summed E-state index contributed by atoms with van der Waals surface area (Å²) in [5.74, 6) is 0.951. The number of unbranched alkanes of at least 4 members (excludes halogenated alkanes) is 6. The first-order chi connectivity index (χ1) is 11.2. The molecular formula is C21H32O2. The Morgan fingerprint density at radius 1 is 1.04 bits per heavy atom. The third-order valence-electron chi connectivity index (χ3n) is 4.43. The summed E-state index contributed by atoms with van der Waals surface area (Å²) in [6.07, 6.45) is 15.0. The van der Waals surface area contributed by atoms with E-state index in [-0.39, 0.29) is 5.60 Å². The van der Waals surface area contributed by atoms with Gasteiger partial charge in [-0.05, 0) is 57.2 Å². The minimum Gasteiger partial charge on any atom is -0.491 e. The van der Waals surface area contributed by atoms with Crippen LogP contribution < -0.4 is 4.74 Å². The topological polar surface area (TPSA) is 21.8 Å². The lowest BCUT2D eigenvalue weighted by molar-refractivity contribution is 0.202. The Morgan fingerprint density at radius 3 is 2.35 bits per heavy atom. The van der Waals surface area contributed by atoms with Gasteiger partial charge >= 0.3 is 0 Å². The van der Waals surface area contributed by atoms with Crippen molar-refractivity contribution in [3.8, 4) is 5.75 Å². The maximum Gasteiger partial charge on any atom is 0.123 e. The molecule has 0 aromatic heterocycles. The van der Waals surface area contributed by atoms with Crippen molar-refractivity contribution in [1.29, 1.82) is 0 Å². The first-order valence-electron chi connectivity index (χ1n) is 9.19. The van der Waals surface area contributed by atoms with E-state index in [1.54, 1.807) is 0 Å². The fourth-order valence-electron chi connectivity index (χ4n) is 2.66. The molecule has 1 fully saturated rings. The van der Waals surface area contributed by atoms with Gasteiger partial charge in [0.2, 0.25) is 0 Å². The van der Waals surface area contributed by atoms with Crippen molar-refractivity contribution in [2.75, 3.05) is 13.2 Å². The van der Waals surface area contributed by atoms with Crippen LogP contribution in [0, 0.1) is 0 Å². The summed E-state index contributed by atoms with van der Waals surface area (Å²) in [5, 5.41) is 0. The molecule has 0 bridgehead atoms. The zero-order valence-corrected chi connectivity index (χ0v) is 14.9. The third-order valence-corrected chi connectivity index (χ3v) is 4.43. The van der Waals surface area contributed by atoms with Crippen LogP contribution >= 0.6 is 0 Å². The Balaban J connectivity index is 1.50. The van der Waals surface area contributed by atoms with Crippen LogP contribution in [0.4, 0.5) is 0 Å². The van der Waals surface area contributed by atoms with Gasteiger partial charge in [-0.25, -0.2) is 0 Å². The Morgan fingerprint density at radius 2 is 1.70 bits per heavy atom. The Labute approximate surface area is 141 Å². The van der Waals surface area contributed by atoms with Gasteiger partial charge in [0, 0.05) is 0 Å². The average Bonchev–Trinajstić information content (AvgIpc) is 3.30. The van der Waals surface area contributed by atoms with Crippen molar-refractivity contribution < 1.29 is 9.47 Å². The number of benzene rings is 1. The summed E-state index contributed by atoms with van der Waals surface area (Å²) < 4.78 is 11.1. The monoisotopic (exact) mass is 316 g/mol. The van der Waals surface area contributed by atoms with E-state index >= 15 is 0 Å². The molecule has 1 saturated heterocycles. The number of rotatable bonds is 12. The van der Waals surface area contributed by atoms with E-state index in [1.807, 2.05) is 0 Å². The summed E-state index contributed by atoms with van der Waals surface area (Å²) in [7, 11) is 0. The first kappa shape index (κ1) is 18.1. The highest BCUT2D eigenvalue weighted by Gasteiger charge is 2.40. The van der Waals surface area contributed by atoms with Crippen LogP contribution in [-0.4, -0.2) is 18.8 Å². The second-order valence-corrected chi connectivity index (χ2v) is 6.90. The summed E-state index contributed by atoms with van der Waals surface area (Å²) in [6.45, 7) is 5.66. The molecule has 2 nitrogen and oxygen atoms in total. The van der Waals surface area contributed by atoms with Gasteiger partial charge in [-0.2, -0.15) is 0 Å². The largest absolute Gasteiger partial charge is 0.491 e. The van der Waals surface area contributed by atoms with Gasteiger partial charge in [-0.1, -0.05) is 50.0 Å². The van der Waals surface area contributed by atoms with E-state index in [4.69, 9.17) is 9.47 Å². The second kappa shape index (κ2) is 9.77. The summed E-state index contributed by atoms with van der Waals surface area (Å²) >= 11 is 0. The van der Waals surface area contributed by atoms with E-state index in [0.29, 0.717) is 6.61 Å². The molecule has 1 atom stereocenters. The molecule has 0 aliphatic carbocycles. The third kappa shape index (κ3) is 7.69. The van der Waals surface area contributed by atoms with Crippen LogP contribution in [0.5, 0.6) is 5.75 Å². The van der Waals surface area contributed by atoms with Gasteiger partial charge in [-0.3, -0.25) is 0 Å². The molecular weight excluding hydrogens is 284 g/mol. The van der Waals surface area contributed by atoms with Gasteiger partial charge < -0.3 is 9.47 Å². The van der Waals surface area contributed by atoms with E-state index in [2.05, 4.69) is 50.3 Å². The van der Waals surface area contributed by atoms with Crippen LogP contribution in [0.25, 0.3) is 0 Å². The van der Waals surface area contributed by atoms with Crippen LogP contribution in [-0.2, 0) is 11.2 Å². The number of aryl methyl sites for hydroxylation is 1. The molecule has 2 rings (SSSR count). The molecule has 2 heteroatoms. The van der Waals surface area contributed by atoms with Gasteiger partial charge in [0.25, 0.3) is 0 Å². The number of ether oxygens (including phenoxy) is 2. The lowest BCUT2D eigenvalue weighted by Crippen LogP contribution is -2.16. The van der Waals surface area contributed by atoms with Crippen molar-refractivity contribution in [2.24, 2.45) is 0 Å². The second-order valence-electron chi connectivity index (χ2n) is 6.90. The Hall–Kier alpha value is -1.28. The molecule has 1 unspecified atom stereocenters. The van der Waals surface area contributed by atoms with E-state index in [0.717, 1.165) is 12.4 Å². The van der Waals surface area contributed by atoms with E-state index in [1.165, 1.54) is 56.9 Å². The maximum absolute atomic E-state index is 5.76. The molecule has 1 aromatic carbocycles. The maximum atomic E-state index is 5.76. The van der Waals surface area contributed by atoms with Crippen LogP contribution in [0.1, 0.15) is 64.4 Å². The normalized spacial score (nSPS) is 20.1. The van der Waals surface area contributed by atoms with Crippen molar-refractivity contribution in [1.82, 2.24) is 0 Å². The smallest absolute Gasteiger partial charge is 0.123 e. The molecule has 0 N–H and O–H groups in total. The van der Waals surface area contributed by atoms with Crippen LogP contribution in [0.15, 0.2) is 36.4 Å². The van der Waals surface area contributed by atoms with Gasteiger partial charge in [0.05, 0.1) is 6.61 Å². The van der Waals surface area contributed by atoms with Crippen LogP contribution in [0.2, 0.25) is 0 Å². The minimum atomic E-state index is -0.0362. The molecule has 0 amide bonds. The quantitative estimate of drug-likeness (QED) is 0.280. The molecule has 1 aliphatic rings. The summed E-state index contributed by atoms with van der Waals surface area (Å²) in [5.41, 5.74) is 1.38. The van der Waals surface area contributed by atoms with Gasteiger partial charge in [0.15, 0.2) is 0 Å². The van der Waals surface area contributed by atoms with Crippen LogP contribution in [0.3, 0.4) is 0 Å². The predicted molar refractivity (Wildman–Crippen MR) is 97.1 cm³/mol. The molecule has 23 heavy (non-hydrogen) atoms. The predicted octanol–water partition coefficient (Wildman–Crippen LogP) is 5.70. The lowest BCUT2D eigenvalue weighted by atomic mass is 10.0. The summed E-state index contributed by atoms with van der Waals surface area (Å²) in [6, 6.07) is 8.57. The molecule has 0 saturated carbocycles. The van der Waals surface area contributed by atoms with Gasteiger partial charge in [0.1, 0.15) is 18.0 Å². The van der Waals surface area contributed by atoms with E-state index < -0.39 is 0 Å². The number of hydrogen-bond acceptors (Lipinski definition) is 2. The Kier molecular flexibility index (Phi) is 7.67. The molecule has 1 heterocycles. The Bertz CT molecular complexity index is 457. The number of epoxide rings is 1. The zero-order chi connectivity index (χ0) is 16.4. The van der Waals surface area contributed by atoms with Crippen molar-refractivity contribution >= 4 is 0 Å². The molecule has 1 aliphatic heterocycles. The van der Waals surface area contributed by atoms with Crippen molar-refractivity contribution in [3.63, 3.8) is 0 Å². The highest BCUT2D eigenvalue weighted by Crippen LogP contribution is 2.27. The highest BCUT2D eigenvalue weighted by molar-refractivity contribution is 5.27. The van der Waals surface area contributed by atoms with Gasteiger partial charge in [-0.15, -0.1) is 0 Å². The number of allylic oxidation sites excluding steroid dienone is 2. The highest BCUT2D eigenvalue weighted by atomic mass is 16.6. The first-order valence-corrected chi connectivity index (χ1v) is 9.19. The standard InChI is InChI=1S/C21H32O2/c1-3-4-5-6-7-8-9-10-11-12-19-13-15-20(16-14-19)22-17-21(2)18-23-21/h3-4,13-16H,5-12,17-18H2,1-2H3/b4-3+. The lowest BCUT2D eigenvalue weighted by Gasteiger charge is -2.09. The SMILES string of the molecule is C/C=C/CCCCCCCCc1ccc(OCC2(C)CO2)cc1. The molecule has 0 radical (unpaired) electrons. The summed E-state index contributed by atoms with van der Waals surface area (Å²) in [4.78, 5) is 0. The zero-order valence-electron chi connectivity index (χ0n) is 14.9. The van der Waals surface area contributed by atoms with Crippen molar-refractivity contribution in [2.45, 2.75) is 70.8 Å².